The highest BCUT2D eigenvalue weighted by atomic mass is 19.1. The third-order valence-corrected chi connectivity index (χ3v) is 4.36. The number of halogens is 1. The molecule has 4 rings (SSSR count). The highest BCUT2D eigenvalue weighted by Gasteiger charge is 2.26. The van der Waals surface area contributed by atoms with Gasteiger partial charge in [-0.25, -0.2) is 4.39 Å². The molecule has 0 bridgehead atoms. The van der Waals surface area contributed by atoms with Gasteiger partial charge in [0, 0.05) is 18.4 Å². The number of para-hydroxylation sites is 1. The molecule has 1 aliphatic rings. The molecule has 1 amide bonds. The Balaban J connectivity index is 1.37. The van der Waals surface area contributed by atoms with E-state index in [-0.39, 0.29) is 18.0 Å². The fraction of sp³-hybridized carbons (Fsp3) is 0.250. The molecule has 6 nitrogen and oxygen atoms in total. The van der Waals surface area contributed by atoms with Crippen LogP contribution in [0.25, 0.3) is 11.5 Å². The number of rotatable bonds is 5. The Bertz CT molecular complexity index is 943. The maximum atomic E-state index is 14.1. The number of aromatic nitrogens is 2. The summed E-state index contributed by atoms with van der Waals surface area (Å²) in [7, 11) is 0. The Morgan fingerprint density at radius 3 is 2.81 bits per heavy atom. The number of hydrogen-bond donors (Lipinski definition) is 0. The highest BCUT2D eigenvalue weighted by Crippen LogP contribution is 2.34. The van der Waals surface area contributed by atoms with E-state index in [9.17, 15) is 9.18 Å². The molecule has 0 saturated carbocycles. The van der Waals surface area contributed by atoms with Gasteiger partial charge in [-0.1, -0.05) is 24.3 Å². The van der Waals surface area contributed by atoms with E-state index in [0.29, 0.717) is 43.5 Å². The Kier molecular flexibility index (Phi) is 4.82. The topological polar surface area (TPSA) is 68.5 Å². The molecule has 0 atom stereocenters. The first-order chi connectivity index (χ1) is 13.2. The monoisotopic (exact) mass is 367 g/mol. The maximum absolute atomic E-state index is 14.1. The van der Waals surface area contributed by atoms with Crippen molar-refractivity contribution in [2.75, 3.05) is 18.1 Å². The third kappa shape index (κ3) is 3.67. The molecular formula is C20H18FN3O3. The lowest BCUT2D eigenvalue weighted by Gasteiger charge is -2.29. The Hall–Kier alpha value is -3.22. The number of aryl methyl sites for hydroxylation is 1. The number of benzene rings is 2. The largest absolute Gasteiger partial charge is 0.489 e. The lowest BCUT2D eigenvalue weighted by Crippen LogP contribution is -2.38. The van der Waals surface area contributed by atoms with Crippen LogP contribution in [-0.2, 0) is 11.2 Å². The van der Waals surface area contributed by atoms with Gasteiger partial charge in [-0.15, -0.1) is 10.2 Å². The highest BCUT2D eigenvalue weighted by molar-refractivity contribution is 5.95. The number of fused-ring (bicyclic) bond motifs is 1. The van der Waals surface area contributed by atoms with Crippen LogP contribution in [0.3, 0.4) is 0 Å². The maximum Gasteiger partial charge on any atom is 0.247 e. The zero-order valence-corrected chi connectivity index (χ0v) is 14.6. The molecule has 0 spiro atoms. The molecule has 0 saturated heterocycles. The van der Waals surface area contributed by atoms with Crippen molar-refractivity contribution >= 4 is 11.6 Å². The summed E-state index contributed by atoms with van der Waals surface area (Å²) in [4.78, 5) is 14.0. The number of nitrogens with zero attached hydrogens (tertiary/aromatic N) is 3. The van der Waals surface area contributed by atoms with Crippen molar-refractivity contribution in [2.24, 2.45) is 0 Å². The van der Waals surface area contributed by atoms with Gasteiger partial charge >= 0.3 is 0 Å². The van der Waals surface area contributed by atoms with E-state index in [1.807, 2.05) is 30.3 Å². The average molecular weight is 367 g/mol. The van der Waals surface area contributed by atoms with E-state index in [0.717, 1.165) is 5.56 Å². The Labute approximate surface area is 155 Å². The van der Waals surface area contributed by atoms with Gasteiger partial charge in [0.1, 0.15) is 18.0 Å². The number of ether oxygens (including phenoxy) is 1. The number of amides is 1. The van der Waals surface area contributed by atoms with Gasteiger partial charge in [0.05, 0.1) is 6.54 Å². The summed E-state index contributed by atoms with van der Waals surface area (Å²) >= 11 is 0. The molecule has 0 unspecified atom stereocenters. The molecule has 3 aromatic rings. The van der Waals surface area contributed by atoms with Gasteiger partial charge in [0.15, 0.2) is 5.82 Å². The zero-order valence-electron chi connectivity index (χ0n) is 14.6. The van der Waals surface area contributed by atoms with Crippen LogP contribution in [-0.4, -0.2) is 29.3 Å². The summed E-state index contributed by atoms with van der Waals surface area (Å²) in [6.45, 7) is 0.692. The van der Waals surface area contributed by atoms with E-state index in [4.69, 9.17) is 9.15 Å². The molecule has 2 heterocycles. The van der Waals surface area contributed by atoms with E-state index in [1.54, 1.807) is 12.1 Å². The van der Waals surface area contributed by atoms with Gasteiger partial charge in [-0.3, -0.25) is 4.79 Å². The van der Waals surface area contributed by atoms with E-state index in [1.165, 1.54) is 11.0 Å². The van der Waals surface area contributed by atoms with Gasteiger partial charge in [0.25, 0.3) is 0 Å². The third-order valence-electron chi connectivity index (χ3n) is 4.36. The molecule has 0 aliphatic carbocycles. The van der Waals surface area contributed by atoms with Crippen LogP contribution in [0, 0.1) is 5.82 Å². The smallest absolute Gasteiger partial charge is 0.247 e. The van der Waals surface area contributed by atoms with Crippen molar-refractivity contribution in [1.29, 1.82) is 0 Å². The summed E-state index contributed by atoms with van der Waals surface area (Å²) in [5, 5.41) is 8.07. The minimum atomic E-state index is -0.454. The second kappa shape index (κ2) is 7.57. The van der Waals surface area contributed by atoms with Crippen LogP contribution in [0.15, 0.2) is 52.9 Å². The van der Waals surface area contributed by atoms with Crippen molar-refractivity contribution in [3.63, 3.8) is 0 Å². The number of carbonyl (C=O) groups excluding carboxylic acids is 1. The molecule has 138 valence electrons. The molecule has 0 fully saturated rings. The molecule has 7 heteroatoms. The summed E-state index contributed by atoms with van der Waals surface area (Å²) < 4.78 is 25.2. The molecule has 1 aliphatic heterocycles. The van der Waals surface area contributed by atoms with E-state index < -0.39 is 5.82 Å². The van der Waals surface area contributed by atoms with Crippen molar-refractivity contribution < 1.29 is 18.3 Å². The Morgan fingerprint density at radius 2 is 1.96 bits per heavy atom. The number of hydrogen-bond acceptors (Lipinski definition) is 5. The van der Waals surface area contributed by atoms with Crippen LogP contribution < -0.4 is 9.64 Å². The van der Waals surface area contributed by atoms with Crippen molar-refractivity contribution in [3.8, 4) is 17.2 Å². The fourth-order valence-corrected chi connectivity index (χ4v) is 3.06. The molecule has 0 radical (unpaired) electrons. The lowest BCUT2D eigenvalue weighted by atomic mass is 10.1. The standard InChI is InChI=1S/C20H18FN3O3/c21-15-8-4-9-16-19(15)24(12-13-26-16)18(25)11-5-10-17-22-23-20(27-17)14-6-2-1-3-7-14/h1-4,6-9H,5,10-13H2. The van der Waals surface area contributed by atoms with Crippen molar-refractivity contribution in [3.05, 3.63) is 60.2 Å². The fourth-order valence-electron chi connectivity index (χ4n) is 3.06. The van der Waals surface area contributed by atoms with Crippen LogP contribution in [0.4, 0.5) is 10.1 Å². The second-order valence-corrected chi connectivity index (χ2v) is 6.20. The minimum Gasteiger partial charge on any atom is -0.489 e. The summed E-state index contributed by atoms with van der Waals surface area (Å²) in [5.41, 5.74) is 1.07. The van der Waals surface area contributed by atoms with Crippen LogP contribution in [0.1, 0.15) is 18.7 Å². The molecule has 2 aromatic carbocycles. The van der Waals surface area contributed by atoms with Gasteiger partial charge < -0.3 is 14.1 Å². The number of anilines is 1. The van der Waals surface area contributed by atoms with Gasteiger partial charge in [0.2, 0.25) is 17.7 Å². The van der Waals surface area contributed by atoms with Crippen LogP contribution in [0.5, 0.6) is 5.75 Å². The molecule has 0 N–H and O–H groups in total. The van der Waals surface area contributed by atoms with E-state index >= 15 is 0 Å². The normalized spacial score (nSPS) is 13.1. The lowest BCUT2D eigenvalue weighted by molar-refractivity contribution is -0.119. The number of carbonyl (C=O) groups is 1. The van der Waals surface area contributed by atoms with Crippen LogP contribution in [0.2, 0.25) is 0 Å². The first-order valence-electron chi connectivity index (χ1n) is 8.82. The summed E-state index contributed by atoms with van der Waals surface area (Å²) in [5.74, 6) is 0.743. The zero-order chi connectivity index (χ0) is 18.6. The van der Waals surface area contributed by atoms with E-state index in [2.05, 4.69) is 10.2 Å². The van der Waals surface area contributed by atoms with Crippen LogP contribution >= 0.6 is 0 Å². The van der Waals surface area contributed by atoms with Crippen molar-refractivity contribution in [2.45, 2.75) is 19.3 Å². The SMILES string of the molecule is O=C(CCCc1nnc(-c2ccccc2)o1)N1CCOc2cccc(F)c21. The molecular weight excluding hydrogens is 349 g/mol. The average Bonchev–Trinajstić information content (AvgIpc) is 3.17. The summed E-state index contributed by atoms with van der Waals surface area (Å²) in [6, 6.07) is 14.1. The minimum absolute atomic E-state index is 0.146. The second-order valence-electron chi connectivity index (χ2n) is 6.20. The molecule has 27 heavy (non-hydrogen) atoms. The quantitative estimate of drug-likeness (QED) is 0.689. The first kappa shape index (κ1) is 17.2. The molecule has 1 aromatic heterocycles. The predicted molar refractivity (Wildman–Crippen MR) is 96.9 cm³/mol. The summed E-state index contributed by atoms with van der Waals surface area (Å²) in [6.07, 6.45) is 1.28. The Morgan fingerprint density at radius 1 is 1.11 bits per heavy atom. The van der Waals surface area contributed by atoms with Gasteiger partial charge in [-0.05, 0) is 30.7 Å². The van der Waals surface area contributed by atoms with Crippen molar-refractivity contribution in [1.82, 2.24) is 10.2 Å². The van der Waals surface area contributed by atoms with Gasteiger partial charge in [-0.2, -0.15) is 0 Å². The first-order valence-corrected chi connectivity index (χ1v) is 8.82. The predicted octanol–water partition coefficient (Wildman–Crippen LogP) is 3.62.